The molecule has 2 heterocycles. The van der Waals surface area contributed by atoms with Crippen molar-refractivity contribution < 1.29 is 23.8 Å². The lowest BCUT2D eigenvalue weighted by Crippen LogP contribution is -2.45. The van der Waals surface area contributed by atoms with Gasteiger partial charge in [0, 0.05) is 0 Å². The first kappa shape index (κ1) is 23.3. The molecule has 7 N–H and O–H groups in total. The van der Waals surface area contributed by atoms with Crippen LogP contribution in [0, 0.1) is 0 Å². The van der Waals surface area contributed by atoms with Crippen molar-refractivity contribution in [3.63, 3.8) is 0 Å². The van der Waals surface area contributed by atoms with E-state index in [2.05, 4.69) is 15.0 Å². The molecule has 0 atom stereocenters. The van der Waals surface area contributed by atoms with Crippen molar-refractivity contribution in [2.24, 2.45) is 11.5 Å². The highest BCUT2D eigenvalue weighted by molar-refractivity contribution is 5.80. The second kappa shape index (κ2) is 8.77. The maximum Gasteiger partial charge on any atom is 0.325 e. The molecule has 0 saturated heterocycles. The van der Waals surface area contributed by atoms with Crippen LogP contribution in [0.5, 0.6) is 0 Å². The van der Waals surface area contributed by atoms with Gasteiger partial charge in [0.25, 0.3) is 5.56 Å². The number of nitrogen functional groups attached to an aromatic ring is 1. The molecular formula is C17H27N7O6. The van der Waals surface area contributed by atoms with E-state index in [1.54, 1.807) is 0 Å². The van der Waals surface area contributed by atoms with Crippen LogP contribution in [0.1, 0.15) is 27.7 Å². The molecule has 30 heavy (non-hydrogen) atoms. The molecule has 0 fully saturated rings. The SMILES string of the molecule is CC(C)(N)C(=O)OCC(COC(=O)C(C)(C)N)OCn1cnc2c(=O)[nH]c(N)nc21. The number of carbonyl (C=O) groups is 2. The Labute approximate surface area is 171 Å². The smallest absolute Gasteiger partial charge is 0.325 e. The predicted molar refractivity (Wildman–Crippen MR) is 106 cm³/mol. The van der Waals surface area contributed by atoms with Crippen LogP contribution < -0.4 is 22.8 Å². The Morgan fingerprint density at radius 3 is 2.17 bits per heavy atom. The summed E-state index contributed by atoms with van der Waals surface area (Å²) in [5.41, 5.74) is 14.4. The van der Waals surface area contributed by atoms with E-state index < -0.39 is 34.7 Å². The lowest BCUT2D eigenvalue weighted by molar-refractivity contribution is -0.162. The molecule has 0 amide bonds. The molecule has 13 heteroatoms. The Balaban J connectivity index is 2.11. The molecule has 0 aliphatic carbocycles. The highest BCUT2D eigenvalue weighted by atomic mass is 16.6. The zero-order chi connectivity index (χ0) is 22.7. The minimum absolute atomic E-state index is 0.0796. The van der Waals surface area contributed by atoms with Crippen LogP contribution in [-0.2, 0) is 30.5 Å². The van der Waals surface area contributed by atoms with Gasteiger partial charge in [0.05, 0.1) is 6.33 Å². The molecule has 2 aromatic rings. The standard InChI is InChI=1S/C17H27N7O6/c1-16(2,19)13(26)28-5-9(6-29-14(27)17(3,4)20)30-8-24-7-21-10-11(24)22-15(18)23-12(10)25/h7,9H,5-6,8,19-20H2,1-4H3,(H3,18,22,23,25). The number of nitrogens with one attached hydrogen (secondary N) is 1. The average Bonchev–Trinajstić information content (AvgIpc) is 3.02. The van der Waals surface area contributed by atoms with E-state index in [4.69, 9.17) is 31.4 Å². The van der Waals surface area contributed by atoms with Gasteiger partial charge in [-0.3, -0.25) is 23.9 Å². The molecule has 0 spiro atoms. The van der Waals surface area contributed by atoms with Crippen molar-refractivity contribution >= 4 is 29.1 Å². The highest BCUT2D eigenvalue weighted by Gasteiger charge is 2.28. The van der Waals surface area contributed by atoms with E-state index in [0.29, 0.717) is 0 Å². The average molecular weight is 425 g/mol. The van der Waals surface area contributed by atoms with Crippen LogP contribution in [0.15, 0.2) is 11.1 Å². The Bertz CT molecular complexity index is 940. The fourth-order valence-corrected chi connectivity index (χ4v) is 2.10. The van der Waals surface area contributed by atoms with Crippen molar-refractivity contribution in [3.8, 4) is 0 Å². The molecule has 166 valence electrons. The van der Waals surface area contributed by atoms with Crippen molar-refractivity contribution in [1.82, 2.24) is 19.5 Å². The number of anilines is 1. The van der Waals surface area contributed by atoms with Gasteiger partial charge in [-0.2, -0.15) is 4.98 Å². The molecule has 13 nitrogen and oxygen atoms in total. The summed E-state index contributed by atoms with van der Waals surface area (Å²) in [6, 6.07) is 0. The third-order valence-corrected chi connectivity index (χ3v) is 3.80. The van der Waals surface area contributed by atoms with Gasteiger partial charge in [0.2, 0.25) is 5.95 Å². The second-order valence-corrected chi connectivity index (χ2v) is 7.90. The number of hydrogen-bond acceptors (Lipinski definition) is 11. The summed E-state index contributed by atoms with van der Waals surface area (Å²) in [6.45, 7) is 5.37. The van der Waals surface area contributed by atoms with E-state index in [9.17, 15) is 14.4 Å². The number of aromatic nitrogens is 4. The molecule has 0 unspecified atom stereocenters. The maximum absolute atomic E-state index is 11.9. The number of carbonyl (C=O) groups excluding carboxylic acids is 2. The molecule has 0 bridgehead atoms. The molecule has 0 radical (unpaired) electrons. The number of nitrogens with zero attached hydrogens (tertiary/aromatic N) is 3. The van der Waals surface area contributed by atoms with Crippen LogP contribution in [0.25, 0.3) is 11.2 Å². The summed E-state index contributed by atoms with van der Waals surface area (Å²) in [5, 5.41) is 0. The number of nitrogens with two attached hydrogens (primary N) is 3. The first-order valence-corrected chi connectivity index (χ1v) is 9.03. The monoisotopic (exact) mass is 425 g/mol. The number of hydrogen-bond donors (Lipinski definition) is 4. The van der Waals surface area contributed by atoms with Gasteiger partial charge >= 0.3 is 11.9 Å². The van der Waals surface area contributed by atoms with Gasteiger partial charge < -0.3 is 31.4 Å². The van der Waals surface area contributed by atoms with Gasteiger partial charge in [-0.15, -0.1) is 0 Å². The summed E-state index contributed by atoms with van der Waals surface area (Å²) >= 11 is 0. The number of esters is 2. The van der Waals surface area contributed by atoms with Crippen LogP contribution in [0.3, 0.4) is 0 Å². The number of fused-ring (bicyclic) bond motifs is 1. The Hall–Kier alpha value is -3.03. The molecule has 0 aliphatic rings. The number of imidazole rings is 1. The second-order valence-electron chi connectivity index (χ2n) is 7.90. The topological polar surface area (TPSA) is 203 Å². The van der Waals surface area contributed by atoms with Gasteiger partial charge in [0.15, 0.2) is 11.2 Å². The number of H-pyrrole nitrogens is 1. The Kier molecular flexibility index (Phi) is 6.80. The minimum atomic E-state index is -1.20. The van der Waals surface area contributed by atoms with E-state index in [1.807, 2.05) is 0 Å². The minimum Gasteiger partial charge on any atom is -0.461 e. The largest absolute Gasteiger partial charge is 0.461 e. The van der Waals surface area contributed by atoms with Crippen molar-refractivity contribution in [1.29, 1.82) is 0 Å². The Morgan fingerprint density at radius 2 is 1.67 bits per heavy atom. The van der Waals surface area contributed by atoms with Crippen molar-refractivity contribution in [3.05, 3.63) is 16.7 Å². The quantitative estimate of drug-likeness (QED) is 0.344. The van der Waals surface area contributed by atoms with Crippen LogP contribution in [0.2, 0.25) is 0 Å². The van der Waals surface area contributed by atoms with E-state index in [-0.39, 0.29) is 37.1 Å². The molecule has 0 aliphatic heterocycles. The van der Waals surface area contributed by atoms with E-state index in [0.717, 1.165) is 0 Å². The molecular weight excluding hydrogens is 398 g/mol. The predicted octanol–water partition coefficient (Wildman–Crippen LogP) is -1.39. The lowest BCUT2D eigenvalue weighted by Gasteiger charge is -2.23. The maximum atomic E-state index is 11.9. The van der Waals surface area contributed by atoms with E-state index in [1.165, 1.54) is 38.6 Å². The first-order chi connectivity index (χ1) is 13.8. The third-order valence-electron chi connectivity index (χ3n) is 3.80. The fourth-order valence-electron chi connectivity index (χ4n) is 2.10. The van der Waals surface area contributed by atoms with Gasteiger partial charge in [0.1, 0.15) is 37.1 Å². The van der Waals surface area contributed by atoms with E-state index >= 15 is 0 Å². The number of rotatable bonds is 9. The van der Waals surface area contributed by atoms with Crippen LogP contribution >= 0.6 is 0 Å². The van der Waals surface area contributed by atoms with Crippen molar-refractivity contribution in [2.75, 3.05) is 18.9 Å². The van der Waals surface area contributed by atoms with Gasteiger partial charge in [-0.1, -0.05) is 0 Å². The van der Waals surface area contributed by atoms with Crippen LogP contribution in [-0.4, -0.2) is 61.9 Å². The van der Waals surface area contributed by atoms with Crippen molar-refractivity contribution in [2.45, 2.75) is 51.6 Å². The molecule has 2 rings (SSSR count). The highest BCUT2D eigenvalue weighted by Crippen LogP contribution is 2.10. The Morgan fingerprint density at radius 1 is 1.13 bits per heavy atom. The number of aromatic amines is 1. The molecule has 0 saturated carbocycles. The number of ether oxygens (including phenoxy) is 3. The lowest BCUT2D eigenvalue weighted by atomic mass is 10.1. The van der Waals surface area contributed by atoms with Crippen LogP contribution in [0.4, 0.5) is 5.95 Å². The first-order valence-electron chi connectivity index (χ1n) is 9.03. The zero-order valence-electron chi connectivity index (χ0n) is 17.3. The zero-order valence-corrected chi connectivity index (χ0v) is 17.3. The summed E-state index contributed by atoms with van der Waals surface area (Å²) in [7, 11) is 0. The summed E-state index contributed by atoms with van der Waals surface area (Å²) in [4.78, 5) is 46.1. The third kappa shape index (κ3) is 5.98. The normalized spacial score (nSPS) is 12.4. The van der Waals surface area contributed by atoms with Gasteiger partial charge in [-0.05, 0) is 27.7 Å². The summed E-state index contributed by atoms with van der Waals surface area (Å²) in [5.74, 6) is -1.39. The molecule has 2 aromatic heterocycles. The van der Waals surface area contributed by atoms with Gasteiger partial charge in [-0.25, -0.2) is 4.98 Å². The summed E-state index contributed by atoms with van der Waals surface area (Å²) < 4.78 is 17.4. The molecule has 0 aromatic carbocycles. The summed E-state index contributed by atoms with van der Waals surface area (Å²) in [6.07, 6.45) is 0.493. The fraction of sp³-hybridized carbons (Fsp3) is 0.588.